The molecular formula is C11H10BrN3O. The van der Waals surface area contributed by atoms with Gasteiger partial charge in [-0.2, -0.15) is 0 Å². The van der Waals surface area contributed by atoms with Gasteiger partial charge in [0, 0.05) is 16.4 Å². The highest BCUT2D eigenvalue weighted by Gasteiger charge is 2.25. The average molecular weight is 280 g/mol. The third kappa shape index (κ3) is 1.12. The number of carbonyl (C=O) groups excluding carboxylic acids is 1. The minimum absolute atomic E-state index is 0.0909. The van der Waals surface area contributed by atoms with Crippen molar-refractivity contribution in [3.8, 4) is 0 Å². The van der Waals surface area contributed by atoms with E-state index in [0.717, 1.165) is 27.4 Å². The molecule has 0 bridgehead atoms. The summed E-state index contributed by atoms with van der Waals surface area (Å²) in [6, 6.07) is 5.81. The van der Waals surface area contributed by atoms with Crippen LogP contribution in [0.1, 0.15) is 16.1 Å². The van der Waals surface area contributed by atoms with Crippen molar-refractivity contribution in [2.24, 2.45) is 0 Å². The van der Waals surface area contributed by atoms with Gasteiger partial charge in [-0.05, 0) is 24.1 Å². The summed E-state index contributed by atoms with van der Waals surface area (Å²) in [5, 5.41) is 3.86. The largest absolute Gasteiger partial charge is 0.350 e. The predicted octanol–water partition coefficient (Wildman–Crippen LogP) is 1.40. The molecule has 2 aromatic rings. The smallest absolute Gasteiger partial charge is 0.270 e. The van der Waals surface area contributed by atoms with Crippen LogP contribution in [0.15, 0.2) is 22.7 Å². The van der Waals surface area contributed by atoms with Crippen molar-refractivity contribution in [2.75, 3.05) is 12.4 Å². The fraction of sp³-hybridized carbons (Fsp3) is 0.182. The maximum Gasteiger partial charge on any atom is 0.270 e. The van der Waals surface area contributed by atoms with E-state index in [1.54, 1.807) is 0 Å². The summed E-state index contributed by atoms with van der Waals surface area (Å²) in [6.45, 7) is 0.673. The monoisotopic (exact) mass is 279 g/mol. The van der Waals surface area contributed by atoms with Crippen molar-refractivity contribution >= 4 is 32.7 Å². The fourth-order valence-corrected chi connectivity index (χ4v) is 2.87. The van der Waals surface area contributed by atoms with Gasteiger partial charge in [-0.3, -0.25) is 9.47 Å². The molecular weight excluding hydrogens is 270 g/mol. The molecule has 0 atom stereocenters. The van der Waals surface area contributed by atoms with E-state index in [1.165, 1.54) is 4.68 Å². The first kappa shape index (κ1) is 9.72. The molecule has 0 spiro atoms. The molecule has 0 aliphatic carbocycles. The number of amides is 1. The molecule has 0 radical (unpaired) electrons. The third-order valence-electron chi connectivity index (χ3n) is 2.96. The molecule has 3 rings (SSSR count). The van der Waals surface area contributed by atoms with Gasteiger partial charge >= 0.3 is 0 Å². The molecule has 0 unspecified atom stereocenters. The molecule has 2 heterocycles. The molecule has 1 aliphatic heterocycles. The van der Waals surface area contributed by atoms with E-state index in [2.05, 4.69) is 21.2 Å². The van der Waals surface area contributed by atoms with Crippen molar-refractivity contribution in [3.63, 3.8) is 0 Å². The second-order valence-corrected chi connectivity index (χ2v) is 4.69. The Hall–Kier alpha value is -1.49. The van der Waals surface area contributed by atoms with Crippen LogP contribution in [-0.2, 0) is 6.42 Å². The van der Waals surface area contributed by atoms with Crippen molar-refractivity contribution in [1.82, 2.24) is 9.99 Å². The van der Waals surface area contributed by atoms with Crippen LogP contribution in [0.5, 0.6) is 0 Å². The van der Waals surface area contributed by atoms with Crippen LogP contribution in [0.4, 0.5) is 0 Å². The quantitative estimate of drug-likeness (QED) is 0.717. The number of nitrogens with one attached hydrogen (secondary N) is 1. The first-order valence-electron chi connectivity index (χ1n) is 5.05. The molecule has 1 amide bonds. The summed E-state index contributed by atoms with van der Waals surface area (Å²) < 4.78 is 2.46. The van der Waals surface area contributed by atoms with Gasteiger partial charge in [0.25, 0.3) is 5.91 Å². The first-order chi connectivity index (χ1) is 7.70. The van der Waals surface area contributed by atoms with Crippen LogP contribution >= 0.6 is 15.9 Å². The summed E-state index contributed by atoms with van der Waals surface area (Å²) in [5.41, 5.74) is 2.50. The average Bonchev–Trinajstić information content (AvgIpc) is 2.56. The molecule has 1 aliphatic rings. The number of fused-ring (bicyclic) bond motifs is 3. The van der Waals surface area contributed by atoms with E-state index in [-0.39, 0.29) is 5.91 Å². The van der Waals surface area contributed by atoms with Gasteiger partial charge < -0.3 is 11.2 Å². The molecule has 4 nitrogen and oxygen atoms in total. The summed E-state index contributed by atoms with van der Waals surface area (Å²) in [5.74, 6) is 5.86. The third-order valence-corrected chi connectivity index (χ3v) is 3.62. The number of nitrogens with two attached hydrogens (primary N) is 1. The van der Waals surface area contributed by atoms with Gasteiger partial charge in [0.2, 0.25) is 0 Å². The zero-order valence-corrected chi connectivity index (χ0v) is 10.0. The van der Waals surface area contributed by atoms with Crippen LogP contribution in [0.2, 0.25) is 0 Å². The van der Waals surface area contributed by atoms with Crippen molar-refractivity contribution in [3.05, 3.63) is 33.9 Å². The Labute approximate surface area is 101 Å². The number of hydrogen-bond donors (Lipinski definition) is 2. The van der Waals surface area contributed by atoms with Crippen molar-refractivity contribution in [1.29, 1.82) is 0 Å². The molecule has 0 saturated carbocycles. The lowest BCUT2D eigenvalue weighted by atomic mass is 10.0. The number of rotatable bonds is 0. The van der Waals surface area contributed by atoms with Crippen LogP contribution in [-0.4, -0.2) is 17.1 Å². The molecule has 0 fully saturated rings. The predicted molar refractivity (Wildman–Crippen MR) is 65.8 cm³/mol. The maximum absolute atomic E-state index is 11.8. The molecule has 1 aromatic carbocycles. The van der Waals surface area contributed by atoms with Crippen molar-refractivity contribution < 1.29 is 4.79 Å². The van der Waals surface area contributed by atoms with Gasteiger partial charge in [-0.15, -0.1) is 0 Å². The summed E-state index contributed by atoms with van der Waals surface area (Å²) in [6.07, 6.45) is 0.824. The molecule has 0 saturated heterocycles. The van der Waals surface area contributed by atoms with E-state index in [0.29, 0.717) is 12.2 Å². The van der Waals surface area contributed by atoms with E-state index in [4.69, 9.17) is 5.84 Å². The summed E-state index contributed by atoms with van der Waals surface area (Å²) in [4.78, 5) is 11.8. The Bertz CT molecular complexity index is 603. The van der Waals surface area contributed by atoms with Crippen LogP contribution in [0, 0.1) is 0 Å². The number of benzene rings is 1. The zero-order valence-electron chi connectivity index (χ0n) is 8.46. The Morgan fingerprint density at radius 3 is 3.06 bits per heavy atom. The Morgan fingerprint density at radius 1 is 1.44 bits per heavy atom. The lowest BCUT2D eigenvalue weighted by Crippen LogP contribution is -2.34. The number of hydrogen-bond acceptors (Lipinski definition) is 2. The Kier molecular flexibility index (Phi) is 1.97. The fourth-order valence-electron chi connectivity index (χ4n) is 2.27. The van der Waals surface area contributed by atoms with E-state index in [1.807, 2.05) is 18.2 Å². The Balaban J connectivity index is 2.49. The van der Waals surface area contributed by atoms with Crippen LogP contribution in [0.3, 0.4) is 0 Å². The summed E-state index contributed by atoms with van der Waals surface area (Å²) in [7, 11) is 0. The highest BCUT2D eigenvalue weighted by molar-refractivity contribution is 9.10. The van der Waals surface area contributed by atoms with Crippen LogP contribution in [0.25, 0.3) is 10.9 Å². The molecule has 1 aromatic heterocycles. The number of nitrogen functional groups attached to an aromatic ring is 1. The maximum atomic E-state index is 11.8. The van der Waals surface area contributed by atoms with Gasteiger partial charge in [0.15, 0.2) is 0 Å². The second-order valence-electron chi connectivity index (χ2n) is 3.84. The van der Waals surface area contributed by atoms with Gasteiger partial charge in [0.05, 0.1) is 5.52 Å². The highest BCUT2D eigenvalue weighted by Crippen LogP contribution is 2.32. The number of halogens is 1. The summed E-state index contributed by atoms with van der Waals surface area (Å²) >= 11 is 3.51. The van der Waals surface area contributed by atoms with E-state index >= 15 is 0 Å². The topological polar surface area (TPSA) is 60.0 Å². The van der Waals surface area contributed by atoms with Gasteiger partial charge in [-0.25, -0.2) is 0 Å². The molecule has 16 heavy (non-hydrogen) atoms. The Morgan fingerprint density at radius 2 is 2.25 bits per heavy atom. The zero-order chi connectivity index (χ0) is 11.3. The minimum atomic E-state index is -0.0909. The van der Waals surface area contributed by atoms with Crippen LogP contribution < -0.4 is 11.2 Å². The van der Waals surface area contributed by atoms with E-state index in [9.17, 15) is 4.79 Å². The number of nitrogens with zero attached hydrogens (tertiary/aromatic N) is 1. The molecule has 82 valence electrons. The van der Waals surface area contributed by atoms with Gasteiger partial charge in [-0.1, -0.05) is 22.0 Å². The standard InChI is InChI=1S/C11H10BrN3O/c12-7-2-1-3-8-9(7)6-4-5-14-11(16)10(6)15(8)13/h1-3H,4-5,13H2,(H,14,16). The SMILES string of the molecule is Nn1c2c(c3c(Br)cccc31)CCNC2=O. The van der Waals surface area contributed by atoms with Gasteiger partial charge in [0.1, 0.15) is 5.69 Å². The minimum Gasteiger partial charge on any atom is -0.350 e. The lowest BCUT2D eigenvalue weighted by Gasteiger charge is -2.13. The lowest BCUT2D eigenvalue weighted by molar-refractivity contribution is 0.0939. The molecule has 5 heteroatoms. The van der Waals surface area contributed by atoms with Crippen molar-refractivity contribution in [2.45, 2.75) is 6.42 Å². The normalized spacial score (nSPS) is 14.9. The first-order valence-corrected chi connectivity index (χ1v) is 5.84. The second kappa shape index (κ2) is 3.25. The van der Waals surface area contributed by atoms with E-state index < -0.39 is 0 Å². The molecule has 3 N–H and O–H groups in total. The highest BCUT2D eigenvalue weighted by atomic mass is 79.9. The number of aromatic nitrogens is 1. The number of carbonyl (C=O) groups is 1.